The molecule has 18 heavy (non-hydrogen) atoms. The number of aromatic nitrogens is 4. The third-order valence-electron chi connectivity index (χ3n) is 2.28. The molecule has 96 valence electrons. The van der Waals surface area contributed by atoms with Crippen molar-refractivity contribution >= 4 is 40.5 Å². The van der Waals surface area contributed by atoms with Gasteiger partial charge in [0.15, 0.2) is 5.82 Å². The van der Waals surface area contributed by atoms with Crippen molar-refractivity contribution < 1.29 is 9.90 Å². The molecule has 6 nitrogen and oxygen atoms in total. The van der Waals surface area contributed by atoms with E-state index < -0.39 is 5.97 Å². The average molecular weight is 307 g/mol. The smallest absolute Gasteiger partial charge is 0.305 e. The van der Waals surface area contributed by atoms with Gasteiger partial charge < -0.3 is 5.11 Å². The molecule has 2 aromatic rings. The summed E-state index contributed by atoms with van der Waals surface area (Å²) in [5.74, 6) is -0.504. The zero-order chi connectivity index (χ0) is 13.3. The van der Waals surface area contributed by atoms with Gasteiger partial charge in [-0.05, 0) is 23.4 Å². The van der Waals surface area contributed by atoms with Gasteiger partial charge in [-0.15, -0.1) is 16.4 Å². The Morgan fingerprint density at radius 3 is 2.89 bits per heavy atom. The summed E-state index contributed by atoms with van der Waals surface area (Å²) in [5.41, 5.74) is 0.605. The Labute approximate surface area is 116 Å². The van der Waals surface area contributed by atoms with E-state index >= 15 is 0 Å². The van der Waals surface area contributed by atoms with E-state index in [1.807, 2.05) is 0 Å². The number of carboxylic acids is 1. The Kier molecular flexibility index (Phi) is 3.84. The highest BCUT2D eigenvalue weighted by molar-refractivity contribution is 7.20. The van der Waals surface area contributed by atoms with Crippen molar-refractivity contribution in [1.29, 1.82) is 0 Å². The van der Waals surface area contributed by atoms with E-state index in [0.717, 1.165) is 0 Å². The maximum absolute atomic E-state index is 10.7. The number of tetrazole rings is 1. The zero-order valence-electron chi connectivity index (χ0n) is 9.17. The third kappa shape index (κ3) is 2.63. The molecular weight excluding hydrogens is 299 g/mol. The molecule has 2 aromatic heterocycles. The van der Waals surface area contributed by atoms with Crippen molar-refractivity contribution in [1.82, 2.24) is 20.2 Å². The quantitative estimate of drug-likeness (QED) is 0.939. The standard InChI is InChI=1S/C9H8Cl2N4O2S/c1-4(2-7(16)17)15-9(12-13-14-15)5-3-6(10)18-8(5)11/h3-4H,2H2,1H3,(H,16,17). The number of nitrogens with zero attached hydrogens (tertiary/aromatic N) is 4. The molecule has 1 atom stereocenters. The summed E-state index contributed by atoms with van der Waals surface area (Å²) in [5, 5.41) is 20.0. The lowest BCUT2D eigenvalue weighted by Gasteiger charge is -2.10. The van der Waals surface area contributed by atoms with Crippen LogP contribution >= 0.6 is 34.5 Å². The fourth-order valence-corrected chi connectivity index (χ4v) is 2.96. The normalized spacial score (nSPS) is 12.6. The van der Waals surface area contributed by atoms with Crippen LogP contribution in [0.5, 0.6) is 0 Å². The molecule has 0 amide bonds. The number of rotatable bonds is 4. The molecule has 9 heteroatoms. The first-order chi connectivity index (χ1) is 8.49. The minimum Gasteiger partial charge on any atom is -0.481 e. The molecule has 0 aliphatic carbocycles. The lowest BCUT2D eigenvalue weighted by atomic mass is 10.2. The molecule has 2 heterocycles. The van der Waals surface area contributed by atoms with Crippen LogP contribution in [0.4, 0.5) is 0 Å². The molecular formula is C9H8Cl2N4O2S. The summed E-state index contributed by atoms with van der Waals surface area (Å²) >= 11 is 13.1. The highest BCUT2D eigenvalue weighted by Gasteiger charge is 2.20. The number of carboxylic acid groups (broad SMARTS) is 1. The monoisotopic (exact) mass is 306 g/mol. The lowest BCUT2D eigenvalue weighted by Crippen LogP contribution is -2.13. The highest BCUT2D eigenvalue weighted by atomic mass is 35.5. The second-order valence-corrected chi connectivity index (χ2v) is 5.92. The SMILES string of the molecule is CC(CC(=O)O)n1nnnc1-c1cc(Cl)sc1Cl. The maximum atomic E-state index is 10.7. The summed E-state index contributed by atoms with van der Waals surface area (Å²) in [6.45, 7) is 1.72. The summed E-state index contributed by atoms with van der Waals surface area (Å²) in [4.78, 5) is 10.7. The summed E-state index contributed by atoms with van der Waals surface area (Å²) < 4.78 is 2.42. The lowest BCUT2D eigenvalue weighted by molar-refractivity contribution is -0.137. The number of thiophene rings is 1. The van der Waals surface area contributed by atoms with E-state index in [-0.39, 0.29) is 12.5 Å². The molecule has 0 bridgehead atoms. The van der Waals surface area contributed by atoms with Crippen LogP contribution in [-0.4, -0.2) is 31.3 Å². The van der Waals surface area contributed by atoms with E-state index in [1.165, 1.54) is 16.0 Å². The van der Waals surface area contributed by atoms with E-state index in [1.54, 1.807) is 13.0 Å². The molecule has 0 saturated heterocycles. The molecule has 0 spiro atoms. The Morgan fingerprint density at radius 2 is 2.33 bits per heavy atom. The second-order valence-electron chi connectivity index (χ2n) is 3.63. The number of hydrogen-bond acceptors (Lipinski definition) is 5. The molecule has 0 aromatic carbocycles. The predicted octanol–water partition coefficient (Wildman–Crippen LogP) is 2.74. The summed E-state index contributed by atoms with van der Waals surface area (Å²) in [6, 6.07) is 1.28. The van der Waals surface area contributed by atoms with Crippen molar-refractivity contribution in [3.05, 3.63) is 14.7 Å². The number of hydrogen-bond donors (Lipinski definition) is 1. The topological polar surface area (TPSA) is 80.9 Å². The van der Waals surface area contributed by atoms with Crippen molar-refractivity contribution in [2.24, 2.45) is 0 Å². The van der Waals surface area contributed by atoms with Crippen molar-refractivity contribution in [2.45, 2.75) is 19.4 Å². The Balaban J connectivity index is 2.38. The van der Waals surface area contributed by atoms with Gasteiger partial charge in [0.25, 0.3) is 0 Å². The van der Waals surface area contributed by atoms with E-state index in [2.05, 4.69) is 15.5 Å². The predicted molar refractivity (Wildman–Crippen MR) is 68.1 cm³/mol. The zero-order valence-corrected chi connectivity index (χ0v) is 11.5. The fourth-order valence-electron chi connectivity index (χ4n) is 1.50. The largest absolute Gasteiger partial charge is 0.481 e. The minimum absolute atomic E-state index is 0.0759. The van der Waals surface area contributed by atoms with Crippen LogP contribution in [0.25, 0.3) is 11.4 Å². The van der Waals surface area contributed by atoms with Gasteiger partial charge in [0.2, 0.25) is 0 Å². The Bertz CT molecular complexity index is 583. The maximum Gasteiger partial charge on any atom is 0.305 e. The van der Waals surface area contributed by atoms with E-state index in [0.29, 0.717) is 20.1 Å². The number of aliphatic carboxylic acids is 1. The minimum atomic E-state index is -0.918. The molecule has 0 aliphatic rings. The van der Waals surface area contributed by atoms with Crippen LogP contribution in [0.15, 0.2) is 6.07 Å². The van der Waals surface area contributed by atoms with Crippen molar-refractivity contribution in [2.75, 3.05) is 0 Å². The van der Waals surface area contributed by atoms with E-state index in [4.69, 9.17) is 28.3 Å². The van der Waals surface area contributed by atoms with Gasteiger partial charge in [-0.1, -0.05) is 23.2 Å². The Morgan fingerprint density at radius 1 is 1.61 bits per heavy atom. The molecule has 0 fully saturated rings. The first kappa shape index (κ1) is 13.3. The van der Waals surface area contributed by atoms with Crippen molar-refractivity contribution in [3.8, 4) is 11.4 Å². The second kappa shape index (κ2) is 5.21. The van der Waals surface area contributed by atoms with Crippen LogP contribution in [0, 0.1) is 0 Å². The van der Waals surface area contributed by atoms with Crippen LogP contribution in [-0.2, 0) is 4.79 Å². The molecule has 2 rings (SSSR count). The first-order valence-corrected chi connectivity index (χ1v) is 6.51. The van der Waals surface area contributed by atoms with Gasteiger partial charge in [0, 0.05) is 0 Å². The van der Waals surface area contributed by atoms with Gasteiger partial charge >= 0.3 is 5.97 Å². The number of halogens is 2. The third-order valence-corrected chi connectivity index (χ3v) is 3.77. The molecule has 0 radical (unpaired) electrons. The van der Waals surface area contributed by atoms with Gasteiger partial charge in [0.1, 0.15) is 4.34 Å². The molecule has 1 N–H and O–H groups in total. The Hall–Kier alpha value is -1.18. The fraction of sp³-hybridized carbons (Fsp3) is 0.333. The first-order valence-electron chi connectivity index (χ1n) is 4.94. The van der Waals surface area contributed by atoms with Gasteiger partial charge in [-0.3, -0.25) is 4.79 Å². The van der Waals surface area contributed by atoms with Crippen molar-refractivity contribution in [3.63, 3.8) is 0 Å². The van der Waals surface area contributed by atoms with E-state index in [9.17, 15) is 4.79 Å². The molecule has 0 saturated carbocycles. The summed E-state index contributed by atoms with van der Waals surface area (Å²) in [6.07, 6.45) is -0.0759. The highest BCUT2D eigenvalue weighted by Crippen LogP contribution is 2.37. The van der Waals surface area contributed by atoms with Gasteiger partial charge in [-0.25, -0.2) is 4.68 Å². The van der Waals surface area contributed by atoms with Crippen LogP contribution in [0.1, 0.15) is 19.4 Å². The van der Waals surface area contributed by atoms with Gasteiger partial charge in [0.05, 0.1) is 22.4 Å². The summed E-state index contributed by atoms with van der Waals surface area (Å²) in [7, 11) is 0. The van der Waals surface area contributed by atoms with Crippen LogP contribution in [0.3, 0.4) is 0 Å². The number of carbonyl (C=O) groups is 1. The molecule has 1 unspecified atom stereocenters. The van der Waals surface area contributed by atoms with Crippen LogP contribution < -0.4 is 0 Å². The molecule has 0 aliphatic heterocycles. The van der Waals surface area contributed by atoms with Gasteiger partial charge in [-0.2, -0.15) is 0 Å². The van der Waals surface area contributed by atoms with Crippen LogP contribution in [0.2, 0.25) is 8.67 Å². The average Bonchev–Trinajstić information content (AvgIpc) is 2.83.